The quantitative estimate of drug-likeness (QED) is 0.388. The van der Waals surface area contributed by atoms with E-state index in [0.29, 0.717) is 16.0 Å². The molecule has 5 rings (SSSR count). The van der Waals surface area contributed by atoms with Gasteiger partial charge in [0.1, 0.15) is 0 Å². The maximum atomic E-state index is 13.2. The highest BCUT2D eigenvalue weighted by Crippen LogP contribution is 2.56. The summed E-state index contributed by atoms with van der Waals surface area (Å²) in [5.74, 6) is -5.07. The van der Waals surface area contributed by atoms with Crippen LogP contribution < -0.4 is 10.5 Å². The zero-order valence-electron chi connectivity index (χ0n) is 18.5. The van der Waals surface area contributed by atoms with Crippen molar-refractivity contribution < 1.29 is 33.8 Å². The van der Waals surface area contributed by atoms with Crippen LogP contribution in [0, 0.1) is 17.8 Å². The van der Waals surface area contributed by atoms with Crippen molar-refractivity contribution in [2.24, 2.45) is 23.5 Å². The number of ether oxygens (including phenoxy) is 1. The fourth-order valence-electron chi connectivity index (χ4n) is 5.89. The number of urea groups is 1. The lowest BCUT2D eigenvalue weighted by atomic mass is 9.59. The zero-order chi connectivity index (χ0) is 24.5. The molecule has 1 saturated heterocycles. The standard InChI is InChI=1S/C25H22N2O7/c1-10-8-16(28)20-15(21(10)29)9-14-11(18(20)12-4-3-5-17(34-2)22(12)30)6-7-13-19(14)24(32)27(23(13)31)25(26)33/h3-6,8,13-14,18-19,30H,7,9H2,1-2H3,(H2,26,33)/t13-,14+,18+,19-/m0/s1. The molecule has 3 aliphatic carbocycles. The molecule has 1 heterocycles. The Morgan fingerprint density at radius 2 is 1.88 bits per heavy atom. The highest BCUT2D eigenvalue weighted by atomic mass is 16.5. The molecule has 1 aliphatic heterocycles. The van der Waals surface area contributed by atoms with E-state index >= 15 is 0 Å². The SMILES string of the molecule is COc1cccc([C@H]2C3=CC[C@@H]4C(=O)N(C(N)=O)C(=O)[C@@H]4[C@@H]3CC3=C2C(=O)C=C(C)C3=O)c1O. The number of Topliss-reactive ketones (excluding diaryl/α,β-unsaturated/α-hetero) is 1. The van der Waals surface area contributed by atoms with E-state index in [1.165, 1.54) is 13.2 Å². The lowest BCUT2D eigenvalue weighted by Crippen LogP contribution is -2.42. The summed E-state index contributed by atoms with van der Waals surface area (Å²) in [5.41, 5.74) is 7.12. The maximum absolute atomic E-state index is 13.2. The van der Waals surface area contributed by atoms with E-state index in [2.05, 4.69) is 0 Å². The number of benzene rings is 1. The van der Waals surface area contributed by atoms with Gasteiger partial charge in [-0.05, 0) is 37.8 Å². The van der Waals surface area contributed by atoms with Crippen LogP contribution >= 0.6 is 0 Å². The monoisotopic (exact) mass is 462 g/mol. The topological polar surface area (TPSA) is 144 Å². The number of nitrogens with two attached hydrogens (primary N) is 1. The molecule has 3 N–H and O–H groups in total. The molecule has 0 saturated carbocycles. The van der Waals surface area contributed by atoms with Crippen LogP contribution in [-0.4, -0.2) is 46.5 Å². The molecule has 0 unspecified atom stereocenters. The van der Waals surface area contributed by atoms with E-state index in [0.717, 1.165) is 0 Å². The Hall–Kier alpha value is -4.01. The second-order valence-electron chi connectivity index (χ2n) is 8.98. The summed E-state index contributed by atoms with van der Waals surface area (Å²) in [4.78, 5) is 64.6. The molecule has 4 amide bonds. The van der Waals surface area contributed by atoms with E-state index < -0.39 is 41.5 Å². The maximum Gasteiger partial charge on any atom is 0.328 e. The normalized spacial score (nSPS) is 28.2. The van der Waals surface area contributed by atoms with Gasteiger partial charge in [0.2, 0.25) is 11.8 Å². The molecule has 0 spiro atoms. The van der Waals surface area contributed by atoms with Crippen molar-refractivity contribution in [3.05, 3.63) is 58.2 Å². The van der Waals surface area contributed by atoms with Gasteiger partial charge in [-0.1, -0.05) is 23.8 Å². The van der Waals surface area contributed by atoms with E-state index in [1.54, 1.807) is 31.2 Å². The minimum Gasteiger partial charge on any atom is -0.504 e. The summed E-state index contributed by atoms with van der Waals surface area (Å²) in [6, 6.07) is 3.75. The fraction of sp³-hybridized carbons (Fsp3) is 0.320. The first-order valence-corrected chi connectivity index (χ1v) is 10.9. The van der Waals surface area contributed by atoms with Gasteiger partial charge in [0.25, 0.3) is 0 Å². The zero-order valence-corrected chi connectivity index (χ0v) is 18.5. The highest BCUT2D eigenvalue weighted by molar-refractivity contribution is 6.24. The summed E-state index contributed by atoms with van der Waals surface area (Å²) >= 11 is 0. The van der Waals surface area contributed by atoms with Gasteiger partial charge in [-0.15, -0.1) is 0 Å². The van der Waals surface area contributed by atoms with Gasteiger partial charge in [-0.3, -0.25) is 19.2 Å². The van der Waals surface area contributed by atoms with Crippen molar-refractivity contribution in [2.45, 2.75) is 25.7 Å². The number of hydrogen-bond acceptors (Lipinski definition) is 7. The number of primary amides is 1. The van der Waals surface area contributed by atoms with E-state index in [9.17, 15) is 29.1 Å². The third-order valence-electron chi connectivity index (χ3n) is 7.34. The van der Waals surface area contributed by atoms with Crippen molar-refractivity contribution in [3.8, 4) is 11.5 Å². The molecule has 4 aliphatic rings. The summed E-state index contributed by atoms with van der Waals surface area (Å²) in [5, 5.41) is 10.9. The number of amides is 4. The summed E-state index contributed by atoms with van der Waals surface area (Å²) in [6.07, 6.45) is 3.32. The Morgan fingerprint density at radius 1 is 1.15 bits per heavy atom. The number of rotatable bonds is 2. The number of methoxy groups -OCH3 is 1. The number of phenolic OH excluding ortho intramolecular Hbond substituents is 1. The predicted molar refractivity (Wildman–Crippen MR) is 117 cm³/mol. The average molecular weight is 462 g/mol. The van der Waals surface area contributed by atoms with Crippen molar-refractivity contribution in [2.75, 3.05) is 7.11 Å². The number of likely N-dealkylation sites (tertiary alicyclic amines) is 1. The molecule has 0 aromatic heterocycles. The first-order chi connectivity index (χ1) is 16.2. The molecule has 34 heavy (non-hydrogen) atoms. The molecule has 4 atom stereocenters. The number of nitrogens with zero attached hydrogens (tertiary/aromatic N) is 1. The Balaban J connectivity index is 1.73. The van der Waals surface area contributed by atoms with Gasteiger partial charge in [-0.25, -0.2) is 4.79 Å². The van der Waals surface area contributed by atoms with Gasteiger partial charge in [0.05, 0.1) is 18.9 Å². The minimum absolute atomic E-state index is 0.0743. The lowest BCUT2D eigenvalue weighted by molar-refractivity contribution is -0.136. The number of aromatic hydroxyl groups is 1. The van der Waals surface area contributed by atoms with Crippen LogP contribution in [-0.2, 0) is 19.2 Å². The summed E-state index contributed by atoms with van der Waals surface area (Å²) < 4.78 is 5.25. The Kier molecular flexibility index (Phi) is 4.82. The van der Waals surface area contributed by atoms with Gasteiger partial charge < -0.3 is 15.6 Å². The van der Waals surface area contributed by atoms with E-state index in [1.807, 2.05) is 0 Å². The number of ketones is 2. The second kappa shape index (κ2) is 7.51. The van der Waals surface area contributed by atoms with Crippen molar-refractivity contribution in [1.82, 2.24) is 4.90 Å². The first kappa shape index (κ1) is 21.8. The molecule has 9 nitrogen and oxygen atoms in total. The molecule has 9 heteroatoms. The van der Waals surface area contributed by atoms with Crippen molar-refractivity contribution in [3.63, 3.8) is 0 Å². The van der Waals surface area contributed by atoms with Crippen LogP contribution in [0.4, 0.5) is 4.79 Å². The van der Waals surface area contributed by atoms with Crippen molar-refractivity contribution in [1.29, 1.82) is 0 Å². The Bertz CT molecular complexity index is 1300. The molecular weight excluding hydrogens is 440 g/mol. The number of allylic oxidation sites excluding steroid dienone is 6. The fourth-order valence-corrected chi connectivity index (χ4v) is 5.89. The first-order valence-electron chi connectivity index (χ1n) is 10.9. The van der Waals surface area contributed by atoms with E-state index in [4.69, 9.17) is 10.5 Å². The molecule has 1 aromatic rings. The second-order valence-corrected chi connectivity index (χ2v) is 8.98. The third kappa shape index (κ3) is 2.82. The molecule has 0 bridgehead atoms. The molecule has 0 radical (unpaired) electrons. The molecular formula is C25H22N2O7. The molecule has 1 fully saturated rings. The van der Waals surface area contributed by atoms with Crippen molar-refractivity contribution >= 4 is 29.4 Å². The summed E-state index contributed by atoms with van der Waals surface area (Å²) in [7, 11) is 1.40. The summed E-state index contributed by atoms with van der Waals surface area (Å²) in [6.45, 7) is 1.55. The average Bonchev–Trinajstić information content (AvgIpc) is 3.06. The Labute approximate surface area is 194 Å². The minimum atomic E-state index is -1.13. The number of fused-ring (bicyclic) bond motifs is 3. The van der Waals surface area contributed by atoms with Crippen LogP contribution in [0.1, 0.15) is 31.2 Å². The van der Waals surface area contributed by atoms with Crippen LogP contribution in [0.2, 0.25) is 0 Å². The number of carbonyl (C=O) groups excluding carboxylic acids is 5. The highest BCUT2D eigenvalue weighted by Gasteiger charge is 2.57. The van der Waals surface area contributed by atoms with Crippen LogP contribution in [0.5, 0.6) is 11.5 Å². The Morgan fingerprint density at radius 3 is 2.56 bits per heavy atom. The largest absolute Gasteiger partial charge is 0.504 e. The van der Waals surface area contributed by atoms with Crippen LogP contribution in [0.15, 0.2) is 52.6 Å². The molecule has 1 aromatic carbocycles. The van der Waals surface area contributed by atoms with Gasteiger partial charge in [-0.2, -0.15) is 4.90 Å². The lowest BCUT2D eigenvalue weighted by Gasteiger charge is -2.42. The number of carbonyl (C=O) groups is 5. The van der Waals surface area contributed by atoms with E-state index in [-0.39, 0.29) is 52.6 Å². The number of imide groups is 3. The van der Waals surface area contributed by atoms with Gasteiger partial charge in [0.15, 0.2) is 23.1 Å². The number of hydrogen-bond donors (Lipinski definition) is 2. The number of para-hydroxylation sites is 1. The van der Waals surface area contributed by atoms with Crippen LogP contribution in [0.3, 0.4) is 0 Å². The van der Waals surface area contributed by atoms with Crippen LogP contribution in [0.25, 0.3) is 0 Å². The van der Waals surface area contributed by atoms with Gasteiger partial charge in [0, 0.05) is 28.2 Å². The number of phenols is 1. The molecule has 174 valence electrons. The third-order valence-corrected chi connectivity index (χ3v) is 7.34. The van der Waals surface area contributed by atoms with Gasteiger partial charge >= 0.3 is 6.03 Å². The predicted octanol–water partition coefficient (Wildman–Crippen LogP) is 1.91. The smallest absolute Gasteiger partial charge is 0.328 e.